The number of amides is 3. The molecule has 336 valence electrons. The Kier molecular flexibility index (Phi) is 16.2. The van der Waals surface area contributed by atoms with Crippen LogP contribution >= 0.6 is 45.3 Å². The summed E-state index contributed by atoms with van der Waals surface area (Å²) in [5.41, 5.74) is 5.66. The van der Waals surface area contributed by atoms with Gasteiger partial charge in [-0.2, -0.15) is 0 Å². The van der Waals surface area contributed by atoms with Gasteiger partial charge in [0.1, 0.15) is 36.7 Å². The lowest BCUT2D eigenvalue weighted by Gasteiger charge is -2.30. The van der Waals surface area contributed by atoms with Crippen molar-refractivity contribution in [3.8, 4) is 21.1 Å². The van der Waals surface area contributed by atoms with Gasteiger partial charge in [-0.3, -0.25) is 19.6 Å². The van der Waals surface area contributed by atoms with E-state index in [2.05, 4.69) is 36.6 Å². The van der Waals surface area contributed by atoms with Crippen LogP contribution in [-0.4, -0.2) is 115 Å². The van der Waals surface area contributed by atoms with Gasteiger partial charge in [-0.15, -0.1) is 45.3 Å². The van der Waals surface area contributed by atoms with Crippen molar-refractivity contribution in [3.63, 3.8) is 0 Å². The molecule has 0 saturated carbocycles. The summed E-state index contributed by atoms with van der Waals surface area (Å²) < 4.78 is 17.8. The van der Waals surface area contributed by atoms with Crippen LogP contribution in [0.3, 0.4) is 0 Å². The number of hydrogen-bond donors (Lipinski definition) is 5. The molecule has 5 N–H and O–H groups in total. The average molecular weight is 935 g/mol. The van der Waals surface area contributed by atoms with E-state index in [0.717, 1.165) is 88.1 Å². The quantitative estimate of drug-likeness (QED) is 0.0630. The van der Waals surface area contributed by atoms with Gasteiger partial charge in [0, 0.05) is 99.6 Å². The van der Waals surface area contributed by atoms with Crippen molar-refractivity contribution in [2.45, 2.75) is 65.1 Å². The fourth-order valence-corrected chi connectivity index (χ4v) is 11.7. The number of thiophene rings is 2. The average Bonchev–Trinajstić information content (AvgIpc) is 4.04. The molecular weight excluding hydrogens is 881 g/mol. The maximum absolute atomic E-state index is 12.8. The van der Waals surface area contributed by atoms with Crippen LogP contribution in [0.5, 0.6) is 0 Å². The van der Waals surface area contributed by atoms with Gasteiger partial charge in [-0.05, 0) is 63.4 Å². The molecule has 0 bridgehead atoms. The van der Waals surface area contributed by atoms with Gasteiger partial charge >= 0.3 is 6.09 Å². The summed E-state index contributed by atoms with van der Waals surface area (Å²) in [5.74, 6) is -0.0537. The number of nitrogens with zero attached hydrogens (tertiary/aromatic N) is 5. The third-order valence-corrected chi connectivity index (χ3v) is 14.4. The fraction of sp³-hybridized carbons (Fsp3) is 0.465. The number of anilines is 2. The third kappa shape index (κ3) is 12.2. The predicted molar refractivity (Wildman–Crippen MR) is 253 cm³/mol. The summed E-state index contributed by atoms with van der Waals surface area (Å²) in [6, 6.07) is 3.93. The van der Waals surface area contributed by atoms with Gasteiger partial charge in [0.25, 0.3) is 0 Å². The lowest BCUT2D eigenvalue weighted by Crippen LogP contribution is -2.39. The molecule has 0 fully saturated rings. The van der Waals surface area contributed by atoms with Gasteiger partial charge in [0.2, 0.25) is 11.8 Å². The Hall–Kier alpha value is -4.51. The van der Waals surface area contributed by atoms with Crippen LogP contribution in [-0.2, 0) is 49.7 Å². The van der Waals surface area contributed by atoms with E-state index in [1.54, 1.807) is 77.9 Å². The minimum Gasteiger partial charge on any atom is -0.444 e. The maximum Gasteiger partial charge on any atom is 0.410 e. The number of carbonyl (C=O) groups is 3. The van der Waals surface area contributed by atoms with Crippen molar-refractivity contribution < 1.29 is 28.6 Å². The summed E-state index contributed by atoms with van der Waals surface area (Å²) in [7, 11) is 3.32. The van der Waals surface area contributed by atoms with Crippen molar-refractivity contribution in [3.05, 3.63) is 57.8 Å². The van der Waals surface area contributed by atoms with E-state index in [0.29, 0.717) is 65.2 Å². The molecule has 8 rings (SSSR count). The molecule has 16 nitrogen and oxygen atoms in total. The Morgan fingerprint density at radius 1 is 0.746 bits per heavy atom. The molecule has 6 aromatic heterocycles. The molecule has 0 radical (unpaired) electrons. The van der Waals surface area contributed by atoms with Gasteiger partial charge in [-0.25, -0.2) is 14.8 Å². The number of thiazole rings is 2. The van der Waals surface area contributed by atoms with Crippen molar-refractivity contribution in [1.29, 1.82) is 0 Å². The molecule has 2 aliphatic rings. The van der Waals surface area contributed by atoms with E-state index in [1.807, 2.05) is 32.9 Å². The third-order valence-electron chi connectivity index (χ3n) is 9.97. The van der Waals surface area contributed by atoms with Crippen molar-refractivity contribution in [1.82, 2.24) is 40.8 Å². The van der Waals surface area contributed by atoms with Crippen LogP contribution in [0.2, 0.25) is 0 Å². The van der Waals surface area contributed by atoms with Crippen LogP contribution < -0.4 is 26.6 Å². The van der Waals surface area contributed by atoms with Crippen LogP contribution in [0.1, 0.15) is 54.5 Å². The number of ether oxygens (including phenoxy) is 3. The minimum absolute atomic E-state index is 0.0144. The summed E-state index contributed by atoms with van der Waals surface area (Å²) in [5, 5.41) is 19.5. The second kappa shape index (κ2) is 21.9. The predicted octanol–water partition coefficient (Wildman–Crippen LogP) is 6.91. The zero-order valence-electron chi connectivity index (χ0n) is 36.2. The molecule has 2 aliphatic heterocycles. The lowest BCUT2D eigenvalue weighted by atomic mass is 10.0. The van der Waals surface area contributed by atoms with E-state index in [-0.39, 0.29) is 17.9 Å². The maximum atomic E-state index is 12.8. The standard InChI is InChI=1S/C24H31N5O4S2.C19H23N5O2S2/c1-24(2,3)33-23(31)29-11-7-15-18(14-29)35-22(28-19(30)6-9-25-10-12-32-4)20(15)21-27-16-13-26-8-5-17(16)34-21;1-26-9-8-20-7-4-16(25)24-19-17(12-2-5-22-11-15(12)28-19)18-23-13-10-21-6-3-14(13)27-18/h5,8,13,25H,6-7,9-12,14H2,1-4H3,(H,28,30);3,6,10,20,22H,2,4-5,7-9,11H2,1H3,(H,24,25). The summed E-state index contributed by atoms with van der Waals surface area (Å²) in [4.78, 5) is 59.9. The second-order valence-electron chi connectivity index (χ2n) is 15.8. The monoisotopic (exact) mass is 934 g/mol. The van der Waals surface area contributed by atoms with E-state index < -0.39 is 5.60 Å². The highest BCUT2D eigenvalue weighted by atomic mass is 32.1. The Balaban J connectivity index is 0.000000193. The van der Waals surface area contributed by atoms with Crippen LogP contribution in [0.4, 0.5) is 14.8 Å². The number of aromatic nitrogens is 4. The Bertz CT molecular complexity index is 2440. The number of rotatable bonds is 16. The van der Waals surface area contributed by atoms with E-state index in [4.69, 9.17) is 24.2 Å². The molecule has 0 unspecified atom stereocenters. The SMILES string of the molecule is COCCNCCC(=O)Nc1sc2c(c1-c1nc3cnccc3s1)CCN(C(=O)OC(C)(C)C)C2.COCCNCCC(=O)Nc1sc2c(c1-c1nc3cnccc3s1)CCNC2. The van der Waals surface area contributed by atoms with Crippen LogP contribution in [0.25, 0.3) is 41.6 Å². The largest absolute Gasteiger partial charge is 0.444 e. The first-order valence-electron chi connectivity index (χ1n) is 20.9. The molecule has 0 atom stereocenters. The van der Waals surface area contributed by atoms with Gasteiger partial charge in [0.05, 0.1) is 41.6 Å². The zero-order valence-corrected chi connectivity index (χ0v) is 39.4. The summed E-state index contributed by atoms with van der Waals surface area (Å²) in [6.45, 7) is 12.3. The highest BCUT2D eigenvalue weighted by Crippen LogP contribution is 2.47. The van der Waals surface area contributed by atoms with Gasteiger partial charge in [0.15, 0.2) is 0 Å². The molecule has 0 aromatic carbocycles. The van der Waals surface area contributed by atoms with Crippen LogP contribution in [0, 0.1) is 0 Å². The lowest BCUT2D eigenvalue weighted by molar-refractivity contribution is -0.116. The van der Waals surface area contributed by atoms with Gasteiger partial charge in [-0.1, -0.05) is 0 Å². The number of methoxy groups -OCH3 is 2. The molecule has 63 heavy (non-hydrogen) atoms. The molecular formula is C43H54N10O6S4. The summed E-state index contributed by atoms with van der Waals surface area (Å²) >= 11 is 6.41. The molecule has 6 aromatic rings. The molecule has 8 heterocycles. The molecule has 0 aliphatic carbocycles. The smallest absolute Gasteiger partial charge is 0.410 e. The number of fused-ring (bicyclic) bond motifs is 4. The Morgan fingerprint density at radius 2 is 1.29 bits per heavy atom. The number of hydrogen-bond acceptors (Lipinski definition) is 17. The number of pyridine rings is 2. The van der Waals surface area contributed by atoms with E-state index in [9.17, 15) is 14.4 Å². The highest BCUT2D eigenvalue weighted by Gasteiger charge is 2.32. The topological polar surface area (TPSA) is 194 Å². The molecule has 0 saturated heterocycles. The Labute approximate surface area is 382 Å². The fourth-order valence-electron chi connectivity index (χ4n) is 7.00. The molecule has 20 heteroatoms. The zero-order chi connectivity index (χ0) is 44.3. The van der Waals surface area contributed by atoms with E-state index >= 15 is 0 Å². The molecule has 3 amide bonds. The number of carbonyl (C=O) groups excluding carboxylic acids is 3. The van der Waals surface area contributed by atoms with E-state index in [1.165, 1.54) is 21.8 Å². The van der Waals surface area contributed by atoms with Gasteiger partial charge < -0.3 is 45.7 Å². The normalized spacial score (nSPS) is 13.6. The minimum atomic E-state index is -0.552. The van der Waals surface area contributed by atoms with Crippen molar-refractivity contribution in [2.75, 3.05) is 77.3 Å². The Morgan fingerprint density at radius 3 is 1.81 bits per heavy atom. The summed E-state index contributed by atoms with van der Waals surface area (Å²) in [6.07, 6.45) is 9.15. The first-order chi connectivity index (χ1) is 30.5. The number of nitrogens with one attached hydrogen (secondary N) is 5. The first kappa shape index (κ1) is 46.5. The highest BCUT2D eigenvalue weighted by molar-refractivity contribution is 7.23. The van der Waals surface area contributed by atoms with Crippen molar-refractivity contribution >= 4 is 93.7 Å². The van der Waals surface area contributed by atoms with Crippen molar-refractivity contribution in [2.24, 2.45) is 0 Å². The molecule has 0 spiro atoms. The first-order valence-corrected chi connectivity index (χ1v) is 24.2. The second-order valence-corrected chi connectivity index (χ2v) is 20.1. The van der Waals surface area contributed by atoms with Crippen LogP contribution in [0.15, 0.2) is 36.9 Å².